The molecule has 0 aromatic carbocycles. The lowest BCUT2D eigenvalue weighted by molar-refractivity contribution is 0.384. The van der Waals surface area contributed by atoms with Gasteiger partial charge in [-0.05, 0) is 17.6 Å². The zero-order valence-corrected chi connectivity index (χ0v) is 9.42. The third-order valence-corrected chi connectivity index (χ3v) is 2.13. The van der Waals surface area contributed by atoms with Crippen LogP contribution in [0.2, 0.25) is 0 Å². The Labute approximate surface area is 90.6 Å². The molecule has 2 N–H and O–H groups in total. The van der Waals surface area contributed by atoms with E-state index in [1.54, 1.807) is 7.85 Å². The maximum atomic E-state index is 7.59. The van der Waals surface area contributed by atoms with Gasteiger partial charge in [0.2, 0.25) is 0 Å². The third-order valence-electron chi connectivity index (χ3n) is 2.13. The van der Waals surface area contributed by atoms with Crippen LogP contribution in [-0.2, 0) is 12.8 Å². The van der Waals surface area contributed by atoms with Gasteiger partial charge in [0, 0.05) is 25.7 Å². The van der Waals surface area contributed by atoms with Gasteiger partial charge in [-0.2, -0.15) is 0 Å². The monoisotopic (exact) mass is 205 g/mol. The topological polar surface area (TPSA) is 61.9 Å². The van der Waals surface area contributed by atoms with Crippen molar-refractivity contribution in [3.63, 3.8) is 0 Å². The van der Waals surface area contributed by atoms with Gasteiger partial charge in [-0.15, -0.1) is 0 Å². The molecule has 0 atom stereocenters. The standard InChI is InChI=1S/C10H16BN3O/c1-3-8-5-9(15-14-8)4-7(6-13-2)10(11)12/h5-6,12-13H,3-4,11H2,1-2H3/b7-6-,12-10?. The summed E-state index contributed by atoms with van der Waals surface area (Å²) in [5.41, 5.74) is 2.41. The maximum absolute atomic E-state index is 7.59. The molecule has 5 heteroatoms. The average Bonchev–Trinajstić information content (AvgIpc) is 2.65. The van der Waals surface area contributed by atoms with Gasteiger partial charge in [0.15, 0.2) is 7.85 Å². The van der Waals surface area contributed by atoms with Gasteiger partial charge in [-0.25, -0.2) is 0 Å². The molecule has 0 bridgehead atoms. The zero-order chi connectivity index (χ0) is 11.3. The summed E-state index contributed by atoms with van der Waals surface area (Å²) in [6.45, 7) is 2.04. The minimum Gasteiger partial charge on any atom is -0.394 e. The first-order chi connectivity index (χ1) is 7.17. The molecule has 0 saturated heterocycles. The Hall–Kier alpha value is -1.52. The van der Waals surface area contributed by atoms with Gasteiger partial charge in [0.25, 0.3) is 0 Å². The summed E-state index contributed by atoms with van der Waals surface area (Å²) in [5.74, 6) is 0.806. The summed E-state index contributed by atoms with van der Waals surface area (Å²) in [5, 5.41) is 14.4. The van der Waals surface area contributed by atoms with E-state index in [1.165, 1.54) is 0 Å². The molecular weight excluding hydrogens is 189 g/mol. The molecule has 15 heavy (non-hydrogen) atoms. The summed E-state index contributed by atoms with van der Waals surface area (Å²) in [4.78, 5) is 0. The number of aryl methyl sites for hydroxylation is 1. The Bertz CT molecular complexity index is 370. The minimum atomic E-state index is 0.541. The van der Waals surface area contributed by atoms with Crippen LogP contribution in [0.15, 0.2) is 22.4 Å². The number of hydrogen-bond donors (Lipinski definition) is 2. The summed E-state index contributed by atoms with van der Waals surface area (Å²) in [6.07, 6.45) is 3.30. The maximum Gasteiger partial charge on any atom is 0.163 e. The van der Waals surface area contributed by atoms with E-state index in [4.69, 9.17) is 9.93 Å². The molecule has 0 aliphatic carbocycles. The molecule has 1 rings (SSSR count). The largest absolute Gasteiger partial charge is 0.394 e. The molecule has 0 unspecified atom stereocenters. The van der Waals surface area contributed by atoms with Crippen molar-refractivity contribution in [1.82, 2.24) is 10.5 Å². The fourth-order valence-corrected chi connectivity index (χ4v) is 1.26. The van der Waals surface area contributed by atoms with Crippen molar-refractivity contribution < 1.29 is 4.52 Å². The molecule has 4 nitrogen and oxygen atoms in total. The summed E-state index contributed by atoms with van der Waals surface area (Å²) in [7, 11) is 3.58. The van der Waals surface area contributed by atoms with Crippen LogP contribution >= 0.6 is 0 Å². The lowest BCUT2D eigenvalue weighted by Gasteiger charge is -2.02. The molecule has 1 aromatic rings. The van der Waals surface area contributed by atoms with E-state index >= 15 is 0 Å². The van der Waals surface area contributed by atoms with Gasteiger partial charge in [0.1, 0.15) is 5.76 Å². The van der Waals surface area contributed by atoms with Crippen LogP contribution in [0.1, 0.15) is 18.4 Å². The van der Waals surface area contributed by atoms with Crippen molar-refractivity contribution in [3.05, 3.63) is 29.3 Å². The normalized spacial score (nSPS) is 11.5. The lowest BCUT2D eigenvalue weighted by Crippen LogP contribution is -2.08. The fourth-order valence-electron chi connectivity index (χ4n) is 1.26. The predicted molar refractivity (Wildman–Crippen MR) is 63.0 cm³/mol. The van der Waals surface area contributed by atoms with E-state index in [-0.39, 0.29) is 0 Å². The summed E-state index contributed by atoms with van der Waals surface area (Å²) < 4.78 is 5.17. The Morgan fingerprint density at radius 2 is 2.47 bits per heavy atom. The molecule has 0 saturated carbocycles. The van der Waals surface area contributed by atoms with Gasteiger partial charge >= 0.3 is 0 Å². The van der Waals surface area contributed by atoms with E-state index in [0.717, 1.165) is 23.4 Å². The second kappa shape index (κ2) is 5.39. The van der Waals surface area contributed by atoms with Crippen LogP contribution < -0.4 is 5.32 Å². The highest BCUT2D eigenvalue weighted by Gasteiger charge is 2.07. The summed E-state index contributed by atoms with van der Waals surface area (Å²) >= 11 is 0. The highest BCUT2D eigenvalue weighted by molar-refractivity contribution is 6.63. The van der Waals surface area contributed by atoms with Crippen LogP contribution in [0.5, 0.6) is 0 Å². The molecular formula is C10H16BN3O. The van der Waals surface area contributed by atoms with Crippen molar-refractivity contribution in [1.29, 1.82) is 5.41 Å². The molecule has 0 radical (unpaired) electrons. The zero-order valence-electron chi connectivity index (χ0n) is 9.42. The van der Waals surface area contributed by atoms with Crippen molar-refractivity contribution >= 4 is 13.5 Å². The van der Waals surface area contributed by atoms with Crippen LogP contribution in [-0.4, -0.2) is 25.7 Å². The van der Waals surface area contributed by atoms with Gasteiger partial charge < -0.3 is 15.2 Å². The number of allylic oxidation sites excluding steroid dienone is 1. The Morgan fingerprint density at radius 3 is 2.93 bits per heavy atom. The van der Waals surface area contributed by atoms with Crippen molar-refractivity contribution in [2.75, 3.05) is 7.05 Å². The van der Waals surface area contributed by atoms with E-state index in [2.05, 4.69) is 10.5 Å². The molecule has 1 heterocycles. The quantitative estimate of drug-likeness (QED) is 0.543. The van der Waals surface area contributed by atoms with E-state index < -0.39 is 0 Å². The smallest absolute Gasteiger partial charge is 0.163 e. The van der Waals surface area contributed by atoms with Gasteiger partial charge in [-0.3, -0.25) is 0 Å². The molecule has 0 spiro atoms. The number of nitrogens with one attached hydrogen (secondary N) is 2. The van der Waals surface area contributed by atoms with Gasteiger partial charge in [0.05, 0.1) is 5.69 Å². The van der Waals surface area contributed by atoms with Crippen LogP contribution in [0.3, 0.4) is 0 Å². The number of rotatable bonds is 5. The van der Waals surface area contributed by atoms with Gasteiger partial charge in [-0.1, -0.05) is 12.1 Å². The highest BCUT2D eigenvalue weighted by Crippen LogP contribution is 2.10. The first-order valence-electron chi connectivity index (χ1n) is 5.03. The van der Waals surface area contributed by atoms with E-state index in [0.29, 0.717) is 12.0 Å². The van der Waals surface area contributed by atoms with Crippen molar-refractivity contribution in [3.8, 4) is 0 Å². The van der Waals surface area contributed by atoms with Crippen LogP contribution in [0.4, 0.5) is 0 Å². The Balaban J connectivity index is 2.74. The molecule has 0 fully saturated rings. The lowest BCUT2D eigenvalue weighted by atomic mass is 9.91. The van der Waals surface area contributed by atoms with Crippen molar-refractivity contribution in [2.24, 2.45) is 0 Å². The highest BCUT2D eigenvalue weighted by atomic mass is 16.5. The SMILES string of the molecule is BC(=N)/C(=C\NC)Cc1cc(CC)no1. The van der Waals surface area contributed by atoms with Crippen LogP contribution in [0.25, 0.3) is 0 Å². The van der Waals surface area contributed by atoms with Crippen LogP contribution in [0, 0.1) is 5.41 Å². The van der Waals surface area contributed by atoms with E-state index in [1.807, 2.05) is 26.2 Å². The fraction of sp³-hybridized carbons (Fsp3) is 0.400. The van der Waals surface area contributed by atoms with Crippen molar-refractivity contribution in [2.45, 2.75) is 19.8 Å². The predicted octanol–water partition coefficient (Wildman–Crippen LogP) is 0.493. The number of aromatic nitrogens is 1. The Morgan fingerprint density at radius 1 is 1.73 bits per heavy atom. The summed E-state index contributed by atoms with van der Waals surface area (Å²) in [6, 6.07) is 1.94. The first kappa shape index (κ1) is 11.6. The second-order valence-corrected chi connectivity index (χ2v) is 3.40. The first-order valence-corrected chi connectivity index (χ1v) is 5.03. The molecule has 80 valence electrons. The Kier molecular flexibility index (Phi) is 4.15. The number of nitrogens with zero attached hydrogens (tertiary/aromatic N) is 1. The molecule has 1 aromatic heterocycles. The second-order valence-electron chi connectivity index (χ2n) is 3.40. The number of hydrogen-bond acceptors (Lipinski definition) is 4. The third kappa shape index (κ3) is 3.27. The molecule has 0 aliphatic heterocycles. The van der Waals surface area contributed by atoms with E-state index in [9.17, 15) is 0 Å². The average molecular weight is 205 g/mol. The molecule has 0 amide bonds. The minimum absolute atomic E-state index is 0.541. The molecule has 0 aliphatic rings.